The number of hydrogen-bond donors (Lipinski definition) is 1. The summed E-state index contributed by atoms with van der Waals surface area (Å²) in [5.41, 5.74) is 1.72. The van der Waals surface area contributed by atoms with Gasteiger partial charge in [0.2, 0.25) is 5.91 Å². The minimum Gasteiger partial charge on any atom is -0.324 e. The first-order valence-corrected chi connectivity index (χ1v) is 5.35. The van der Waals surface area contributed by atoms with Crippen molar-refractivity contribution >= 4 is 17.4 Å². The van der Waals surface area contributed by atoms with E-state index in [1.807, 2.05) is 0 Å². The fourth-order valence-corrected chi connectivity index (χ4v) is 1.58. The van der Waals surface area contributed by atoms with Crippen molar-refractivity contribution in [2.45, 2.75) is 13.8 Å². The molecule has 0 aliphatic heterocycles. The monoisotopic (exact) mass is 244 g/mol. The number of hydrogen-bond acceptors (Lipinski definition) is 4. The smallest absolute Gasteiger partial charge is 0.221 e. The number of benzene rings is 1. The molecule has 0 fully saturated rings. The minimum atomic E-state index is -0.211. The standard InChI is InChI=1S/C12H12N4O2/c1-8(17)10-3-4-12(16-7-13-6-14-16)11(5-10)15-9(2)18/h3-7H,1-2H3,(H,15,18). The second-order valence-corrected chi connectivity index (χ2v) is 3.81. The highest BCUT2D eigenvalue weighted by Crippen LogP contribution is 2.21. The second-order valence-electron chi connectivity index (χ2n) is 3.81. The molecule has 92 valence electrons. The summed E-state index contributed by atoms with van der Waals surface area (Å²) in [6.45, 7) is 2.88. The van der Waals surface area contributed by atoms with Crippen LogP contribution in [0, 0.1) is 0 Å². The van der Waals surface area contributed by atoms with E-state index in [0.29, 0.717) is 16.9 Å². The van der Waals surface area contributed by atoms with Gasteiger partial charge in [0, 0.05) is 12.5 Å². The molecule has 0 saturated carbocycles. The first kappa shape index (κ1) is 12.0. The maximum atomic E-state index is 11.3. The highest BCUT2D eigenvalue weighted by atomic mass is 16.1. The molecule has 0 unspecified atom stereocenters. The number of amides is 1. The number of nitrogens with zero attached hydrogens (tertiary/aromatic N) is 3. The Bertz CT molecular complexity index is 590. The fraction of sp³-hybridized carbons (Fsp3) is 0.167. The molecule has 6 nitrogen and oxygen atoms in total. The van der Waals surface area contributed by atoms with Crippen LogP contribution in [0.15, 0.2) is 30.9 Å². The molecule has 0 spiro atoms. The molecule has 6 heteroatoms. The number of carbonyl (C=O) groups is 2. The molecule has 1 amide bonds. The van der Waals surface area contributed by atoms with Crippen molar-refractivity contribution in [3.05, 3.63) is 36.4 Å². The molecule has 0 bridgehead atoms. The van der Waals surface area contributed by atoms with E-state index in [2.05, 4.69) is 15.4 Å². The number of Topliss-reactive ketones (excluding diaryl/α,β-unsaturated/α-hetero) is 1. The molecule has 2 aromatic rings. The molecule has 0 saturated heterocycles. The molecule has 0 aliphatic rings. The van der Waals surface area contributed by atoms with Crippen LogP contribution in [-0.2, 0) is 4.79 Å². The molecule has 18 heavy (non-hydrogen) atoms. The van der Waals surface area contributed by atoms with Crippen LogP contribution in [0.2, 0.25) is 0 Å². The summed E-state index contributed by atoms with van der Waals surface area (Å²) in [5, 5.41) is 6.68. The Kier molecular flexibility index (Phi) is 3.18. The Hall–Kier alpha value is -2.50. The minimum absolute atomic E-state index is 0.0632. The van der Waals surface area contributed by atoms with Gasteiger partial charge in [-0.2, -0.15) is 5.10 Å². The number of anilines is 1. The molecular weight excluding hydrogens is 232 g/mol. The second kappa shape index (κ2) is 4.79. The van der Waals surface area contributed by atoms with E-state index >= 15 is 0 Å². The fourth-order valence-electron chi connectivity index (χ4n) is 1.58. The topological polar surface area (TPSA) is 76.9 Å². The molecule has 0 aliphatic carbocycles. The van der Waals surface area contributed by atoms with Crippen molar-refractivity contribution in [2.24, 2.45) is 0 Å². The Morgan fingerprint density at radius 2 is 2.06 bits per heavy atom. The number of rotatable bonds is 3. The summed E-state index contributed by atoms with van der Waals surface area (Å²) in [6.07, 6.45) is 2.92. The van der Waals surface area contributed by atoms with Crippen molar-refractivity contribution in [1.82, 2.24) is 14.8 Å². The zero-order valence-electron chi connectivity index (χ0n) is 10.0. The third-order valence-electron chi connectivity index (χ3n) is 2.38. The van der Waals surface area contributed by atoms with Crippen molar-refractivity contribution in [2.75, 3.05) is 5.32 Å². The lowest BCUT2D eigenvalue weighted by Gasteiger charge is -2.10. The van der Waals surface area contributed by atoms with Crippen molar-refractivity contribution in [1.29, 1.82) is 0 Å². The zero-order chi connectivity index (χ0) is 13.1. The van der Waals surface area contributed by atoms with Crippen LogP contribution in [0.1, 0.15) is 24.2 Å². The third-order valence-corrected chi connectivity index (χ3v) is 2.38. The van der Waals surface area contributed by atoms with Crippen molar-refractivity contribution in [3.8, 4) is 5.69 Å². The summed E-state index contributed by atoms with van der Waals surface area (Å²) in [7, 11) is 0. The molecule has 0 atom stereocenters. The van der Waals surface area contributed by atoms with Gasteiger partial charge in [0.1, 0.15) is 12.7 Å². The molecule has 1 aromatic heterocycles. The molecular formula is C12H12N4O2. The Balaban J connectivity index is 2.52. The average Bonchev–Trinajstić information content (AvgIpc) is 2.81. The quantitative estimate of drug-likeness (QED) is 0.828. The predicted octanol–water partition coefficient (Wildman–Crippen LogP) is 1.43. The summed E-state index contributed by atoms with van der Waals surface area (Å²) < 4.78 is 1.52. The van der Waals surface area contributed by atoms with Crippen LogP contribution in [-0.4, -0.2) is 26.5 Å². The third kappa shape index (κ3) is 2.42. The van der Waals surface area contributed by atoms with Gasteiger partial charge in [0.25, 0.3) is 0 Å². The van der Waals surface area contributed by atoms with Gasteiger partial charge in [-0.3, -0.25) is 9.59 Å². The van der Waals surface area contributed by atoms with E-state index in [1.54, 1.807) is 18.2 Å². The molecule has 1 heterocycles. The van der Waals surface area contributed by atoms with Crippen molar-refractivity contribution < 1.29 is 9.59 Å². The van der Waals surface area contributed by atoms with Crippen LogP contribution in [0.25, 0.3) is 5.69 Å². The summed E-state index contributed by atoms with van der Waals surface area (Å²) in [4.78, 5) is 26.4. The van der Waals surface area contributed by atoms with E-state index < -0.39 is 0 Å². The molecule has 0 radical (unpaired) electrons. The van der Waals surface area contributed by atoms with E-state index in [-0.39, 0.29) is 11.7 Å². The normalized spacial score (nSPS) is 10.1. The van der Waals surface area contributed by atoms with Crippen LogP contribution < -0.4 is 5.32 Å². The molecule has 2 rings (SSSR count). The zero-order valence-corrected chi connectivity index (χ0v) is 10.0. The summed E-state index contributed by atoms with van der Waals surface area (Å²) >= 11 is 0. The van der Waals surface area contributed by atoms with Crippen LogP contribution >= 0.6 is 0 Å². The highest BCUT2D eigenvalue weighted by Gasteiger charge is 2.10. The SMILES string of the molecule is CC(=O)Nc1cc(C(C)=O)ccc1-n1cncn1. The maximum absolute atomic E-state index is 11.3. The molecule has 1 N–H and O–H groups in total. The van der Waals surface area contributed by atoms with Gasteiger partial charge in [-0.1, -0.05) is 0 Å². The van der Waals surface area contributed by atoms with Gasteiger partial charge in [-0.25, -0.2) is 9.67 Å². The van der Waals surface area contributed by atoms with Gasteiger partial charge >= 0.3 is 0 Å². The Morgan fingerprint density at radius 1 is 1.28 bits per heavy atom. The first-order valence-electron chi connectivity index (χ1n) is 5.35. The van der Waals surface area contributed by atoms with E-state index in [0.717, 1.165) is 0 Å². The lowest BCUT2D eigenvalue weighted by atomic mass is 10.1. The number of ketones is 1. The number of nitrogens with one attached hydrogen (secondary N) is 1. The van der Waals surface area contributed by atoms with Gasteiger partial charge < -0.3 is 5.32 Å². The van der Waals surface area contributed by atoms with Gasteiger partial charge in [0.15, 0.2) is 5.78 Å². The van der Waals surface area contributed by atoms with Crippen LogP contribution in [0.4, 0.5) is 5.69 Å². The average molecular weight is 244 g/mol. The Morgan fingerprint density at radius 3 is 2.61 bits per heavy atom. The largest absolute Gasteiger partial charge is 0.324 e. The molecule has 1 aromatic carbocycles. The number of carbonyl (C=O) groups excluding carboxylic acids is 2. The van der Waals surface area contributed by atoms with Crippen molar-refractivity contribution in [3.63, 3.8) is 0 Å². The first-order chi connectivity index (χ1) is 8.58. The number of aromatic nitrogens is 3. The lowest BCUT2D eigenvalue weighted by Crippen LogP contribution is -2.10. The van der Waals surface area contributed by atoms with E-state index in [1.165, 1.54) is 31.2 Å². The maximum Gasteiger partial charge on any atom is 0.221 e. The van der Waals surface area contributed by atoms with Gasteiger partial charge in [-0.05, 0) is 25.1 Å². The van der Waals surface area contributed by atoms with Gasteiger partial charge in [-0.15, -0.1) is 0 Å². The summed E-state index contributed by atoms with van der Waals surface area (Å²) in [6, 6.07) is 5.03. The van der Waals surface area contributed by atoms with Crippen LogP contribution in [0.3, 0.4) is 0 Å². The van der Waals surface area contributed by atoms with Gasteiger partial charge in [0.05, 0.1) is 11.4 Å². The predicted molar refractivity (Wildman–Crippen MR) is 65.7 cm³/mol. The lowest BCUT2D eigenvalue weighted by molar-refractivity contribution is -0.114. The van der Waals surface area contributed by atoms with E-state index in [4.69, 9.17) is 0 Å². The Labute approximate surface area is 104 Å². The van der Waals surface area contributed by atoms with E-state index in [9.17, 15) is 9.59 Å². The van der Waals surface area contributed by atoms with Crippen LogP contribution in [0.5, 0.6) is 0 Å². The summed E-state index contributed by atoms with van der Waals surface area (Å²) in [5.74, 6) is -0.274. The highest BCUT2D eigenvalue weighted by molar-refractivity contribution is 5.98.